The Morgan fingerprint density at radius 3 is 2.58 bits per heavy atom. The first-order valence-corrected chi connectivity index (χ1v) is 7.90. The molecule has 0 unspecified atom stereocenters. The van der Waals surface area contributed by atoms with Gasteiger partial charge in [-0.15, -0.1) is 13.2 Å². The quantitative estimate of drug-likeness (QED) is 0.575. The summed E-state index contributed by atoms with van der Waals surface area (Å²) in [5.74, 6) is 0.387. The standard InChI is InChI=1S/C17H17ClF3N3O2/c1-25-15-7-6-12(10-13(15)18)24-16(22)23-9-8-11-4-2-3-5-14(11)26-17(19,20)21/h2-7,10H,8-9H2,1H3,(H3,22,23,24). The van der Waals surface area contributed by atoms with E-state index in [2.05, 4.69) is 15.0 Å². The van der Waals surface area contributed by atoms with Gasteiger partial charge in [0.15, 0.2) is 5.96 Å². The van der Waals surface area contributed by atoms with Crippen LogP contribution < -0.4 is 20.5 Å². The molecule has 0 atom stereocenters. The molecule has 3 N–H and O–H groups in total. The second-order valence-electron chi connectivity index (χ2n) is 5.15. The average molecular weight is 388 g/mol. The maximum atomic E-state index is 12.4. The number of anilines is 1. The third-order valence-corrected chi connectivity index (χ3v) is 3.58. The highest BCUT2D eigenvalue weighted by molar-refractivity contribution is 6.32. The predicted molar refractivity (Wildman–Crippen MR) is 94.9 cm³/mol. The molecule has 0 saturated heterocycles. The van der Waals surface area contributed by atoms with Crippen LogP contribution in [0.3, 0.4) is 0 Å². The highest BCUT2D eigenvalue weighted by Gasteiger charge is 2.31. The third-order valence-electron chi connectivity index (χ3n) is 3.29. The minimum absolute atomic E-state index is 0.112. The van der Waals surface area contributed by atoms with Gasteiger partial charge in [-0.2, -0.15) is 0 Å². The van der Waals surface area contributed by atoms with E-state index >= 15 is 0 Å². The van der Waals surface area contributed by atoms with E-state index in [1.807, 2.05) is 0 Å². The Bertz CT molecular complexity index is 782. The maximum Gasteiger partial charge on any atom is 0.573 e. The van der Waals surface area contributed by atoms with Gasteiger partial charge in [0, 0.05) is 12.2 Å². The SMILES string of the molecule is COc1ccc(NC(N)=NCCc2ccccc2OC(F)(F)F)cc1Cl. The molecule has 0 bridgehead atoms. The zero-order valence-corrected chi connectivity index (χ0v) is 14.6. The van der Waals surface area contributed by atoms with Gasteiger partial charge in [-0.05, 0) is 36.2 Å². The van der Waals surface area contributed by atoms with Gasteiger partial charge in [0.1, 0.15) is 11.5 Å². The molecule has 0 saturated carbocycles. The number of rotatable bonds is 6. The number of ether oxygens (including phenoxy) is 2. The summed E-state index contributed by atoms with van der Waals surface area (Å²) in [6, 6.07) is 10.9. The predicted octanol–water partition coefficient (Wildman–Crippen LogP) is 4.22. The van der Waals surface area contributed by atoms with Crippen LogP contribution in [0.2, 0.25) is 5.02 Å². The van der Waals surface area contributed by atoms with Gasteiger partial charge >= 0.3 is 6.36 Å². The molecule has 0 spiro atoms. The molecule has 2 aromatic rings. The van der Waals surface area contributed by atoms with Crippen molar-refractivity contribution in [3.8, 4) is 11.5 Å². The summed E-state index contributed by atoms with van der Waals surface area (Å²) in [6.07, 6.45) is -4.51. The van der Waals surface area contributed by atoms with Crippen molar-refractivity contribution in [2.75, 3.05) is 19.0 Å². The van der Waals surface area contributed by atoms with Crippen LogP contribution >= 0.6 is 11.6 Å². The maximum absolute atomic E-state index is 12.4. The number of guanidine groups is 1. The van der Waals surface area contributed by atoms with Crippen LogP contribution in [0.25, 0.3) is 0 Å². The van der Waals surface area contributed by atoms with Crippen LogP contribution in [-0.4, -0.2) is 26.0 Å². The van der Waals surface area contributed by atoms with Gasteiger partial charge in [-0.1, -0.05) is 29.8 Å². The van der Waals surface area contributed by atoms with Crippen LogP contribution in [0.15, 0.2) is 47.5 Å². The van der Waals surface area contributed by atoms with Crippen molar-refractivity contribution in [1.29, 1.82) is 0 Å². The van der Waals surface area contributed by atoms with Crippen molar-refractivity contribution in [3.63, 3.8) is 0 Å². The number of nitrogens with zero attached hydrogens (tertiary/aromatic N) is 1. The number of nitrogens with two attached hydrogens (primary N) is 1. The average Bonchev–Trinajstić information content (AvgIpc) is 2.55. The molecule has 0 heterocycles. The van der Waals surface area contributed by atoms with E-state index in [9.17, 15) is 13.2 Å². The minimum Gasteiger partial charge on any atom is -0.495 e. The van der Waals surface area contributed by atoms with Gasteiger partial charge in [0.05, 0.1) is 12.1 Å². The van der Waals surface area contributed by atoms with E-state index < -0.39 is 6.36 Å². The van der Waals surface area contributed by atoms with Crippen molar-refractivity contribution in [2.45, 2.75) is 12.8 Å². The molecule has 0 aliphatic rings. The largest absolute Gasteiger partial charge is 0.573 e. The Morgan fingerprint density at radius 2 is 1.92 bits per heavy atom. The van der Waals surface area contributed by atoms with Crippen molar-refractivity contribution in [2.24, 2.45) is 10.7 Å². The van der Waals surface area contributed by atoms with E-state index in [-0.39, 0.29) is 24.7 Å². The fourth-order valence-electron chi connectivity index (χ4n) is 2.16. The molecule has 0 aliphatic heterocycles. The Balaban J connectivity index is 1.97. The Labute approximate surface area is 153 Å². The number of para-hydroxylation sites is 1. The van der Waals surface area contributed by atoms with E-state index in [4.69, 9.17) is 22.1 Å². The highest BCUT2D eigenvalue weighted by Crippen LogP contribution is 2.27. The lowest BCUT2D eigenvalue weighted by molar-refractivity contribution is -0.274. The molecule has 0 aromatic heterocycles. The molecule has 5 nitrogen and oxygen atoms in total. The molecule has 140 valence electrons. The van der Waals surface area contributed by atoms with Gasteiger partial charge < -0.3 is 20.5 Å². The third kappa shape index (κ3) is 6.03. The number of halogens is 4. The van der Waals surface area contributed by atoms with Crippen molar-refractivity contribution < 1.29 is 22.6 Å². The van der Waals surface area contributed by atoms with Crippen LogP contribution in [-0.2, 0) is 6.42 Å². The zero-order chi connectivity index (χ0) is 19.2. The van der Waals surface area contributed by atoms with Crippen molar-refractivity contribution in [3.05, 3.63) is 53.1 Å². The number of hydrogen-bond acceptors (Lipinski definition) is 3. The normalized spacial score (nSPS) is 12.0. The van der Waals surface area contributed by atoms with Crippen LogP contribution in [0.4, 0.5) is 18.9 Å². The summed E-state index contributed by atoms with van der Waals surface area (Å²) in [7, 11) is 1.50. The van der Waals surface area contributed by atoms with Gasteiger partial charge in [0.25, 0.3) is 0 Å². The summed E-state index contributed by atoms with van der Waals surface area (Å²) in [5.41, 5.74) is 6.78. The van der Waals surface area contributed by atoms with Crippen molar-refractivity contribution >= 4 is 23.2 Å². The summed E-state index contributed by atoms with van der Waals surface area (Å²) in [5, 5.41) is 3.26. The number of alkyl halides is 3. The molecule has 2 rings (SSSR count). The smallest absolute Gasteiger partial charge is 0.495 e. The van der Waals surface area contributed by atoms with E-state index in [0.717, 1.165) is 0 Å². The minimum atomic E-state index is -4.74. The number of aliphatic imine (C=N–C) groups is 1. The van der Waals surface area contributed by atoms with Gasteiger partial charge in [-0.3, -0.25) is 4.99 Å². The monoisotopic (exact) mass is 387 g/mol. The number of hydrogen-bond donors (Lipinski definition) is 2. The summed E-state index contributed by atoms with van der Waals surface area (Å²) < 4.78 is 46.3. The number of benzene rings is 2. The molecular formula is C17H17ClF3N3O2. The number of methoxy groups -OCH3 is 1. The van der Waals surface area contributed by atoms with Crippen LogP contribution in [0.5, 0.6) is 11.5 Å². The van der Waals surface area contributed by atoms with E-state index in [1.165, 1.54) is 19.2 Å². The molecule has 0 radical (unpaired) electrons. The Morgan fingerprint density at radius 1 is 1.19 bits per heavy atom. The lowest BCUT2D eigenvalue weighted by atomic mass is 10.1. The lowest BCUT2D eigenvalue weighted by Crippen LogP contribution is -2.23. The summed E-state index contributed by atoms with van der Waals surface area (Å²) >= 11 is 6.02. The van der Waals surface area contributed by atoms with Crippen molar-refractivity contribution in [1.82, 2.24) is 0 Å². The highest BCUT2D eigenvalue weighted by atomic mass is 35.5. The first kappa shape index (κ1) is 19.7. The molecule has 2 aromatic carbocycles. The molecule has 0 aliphatic carbocycles. The first-order valence-electron chi connectivity index (χ1n) is 7.52. The molecule has 9 heteroatoms. The Hall–Kier alpha value is -2.61. The molecule has 0 amide bonds. The second-order valence-corrected chi connectivity index (χ2v) is 5.55. The van der Waals surface area contributed by atoms with Gasteiger partial charge in [-0.25, -0.2) is 0 Å². The summed E-state index contributed by atoms with van der Waals surface area (Å²) in [6.45, 7) is 0.181. The van der Waals surface area contributed by atoms with Gasteiger partial charge in [0.2, 0.25) is 0 Å². The summed E-state index contributed by atoms with van der Waals surface area (Å²) in [4.78, 5) is 4.10. The van der Waals surface area contributed by atoms with E-state index in [1.54, 1.807) is 30.3 Å². The second kappa shape index (κ2) is 8.66. The fourth-order valence-corrected chi connectivity index (χ4v) is 2.42. The van der Waals surface area contributed by atoms with Crippen LogP contribution in [0, 0.1) is 0 Å². The zero-order valence-electron chi connectivity index (χ0n) is 13.8. The topological polar surface area (TPSA) is 68.9 Å². The fraction of sp³-hybridized carbons (Fsp3) is 0.235. The first-order chi connectivity index (χ1) is 12.3. The molecular weight excluding hydrogens is 371 g/mol. The van der Waals surface area contributed by atoms with Crippen LogP contribution in [0.1, 0.15) is 5.56 Å². The van der Waals surface area contributed by atoms with E-state index in [0.29, 0.717) is 22.0 Å². The molecule has 0 fully saturated rings. The number of nitrogens with one attached hydrogen (secondary N) is 1. The molecule has 26 heavy (non-hydrogen) atoms. The Kier molecular flexibility index (Phi) is 6.57. The lowest BCUT2D eigenvalue weighted by Gasteiger charge is -2.12.